The average Bonchev–Trinajstić information content (AvgIpc) is 2.28. The van der Waals surface area contributed by atoms with Gasteiger partial charge in [-0.1, -0.05) is 23.2 Å². The van der Waals surface area contributed by atoms with E-state index in [4.69, 9.17) is 23.2 Å². The predicted octanol–water partition coefficient (Wildman–Crippen LogP) is 3.42. The number of H-pyrrole nitrogens is 1. The molecule has 0 aliphatic carbocycles. The lowest BCUT2D eigenvalue weighted by Gasteiger charge is -2.08. The molecule has 1 aromatic heterocycles. The van der Waals surface area contributed by atoms with Gasteiger partial charge >= 0.3 is 0 Å². The Morgan fingerprint density at radius 2 is 2.12 bits per heavy atom. The summed E-state index contributed by atoms with van der Waals surface area (Å²) in [5, 5.41) is 3.65. The molecular weight excluding hydrogens is 376 g/mol. The van der Waals surface area contributed by atoms with Crippen molar-refractivity contribution in [3.63, 3.8) is 0 Å². The van der Waals surface area contributed by atoms with Crippen LogP contribution in [0.1, 0.15) is 0 Å². The number of nitrogens with zero attached hydrogens (tertiary/aromatic N) is 1. The van der Waals surface area contributed by atoms with Crippen molar-refractivity contribution in [2.45, 2.75) is 0 Å². The van der Waals surface area contributed by atoms with Crippen LogP contribution in [0, 0.1) is 3.57 Å². The van der Waals surface area contributed by atoms with Crippen LogP contribution in [0.25, 0.3) is 0 Å². The molecule has 2 N–H and O–H groups in total. The zero-order chi connectivity index (χ0) is 12.4. The molecule has 4 nitrogen and oxygen atoms in total. The van der Waals surface area contributed by atoms with Crippen molar-refractivity contribution < 1.29 is 0 Å². The fourth-order valence-electron chi connectivity index (χ4n) is 1.19. The monoisotopic (exact) mass is 381 g/mol. The van der Waals surface area contributed by atoms with E-state index in [1.165, 1.54) is 6.33 Å². The Balaban J connectivity index is 2.38. The number of aromatic nitrogens is 2. The van der Waals surface area contributed by atoms with E-state index in [9.17, 15) is 4.79 Å². The highest BCUT2D eigenvalue weighted by Crippen LogP contribution is 2.26. The Morgan fingerprint density at radius 3 is 2.82 bits per heavy atom. The maximum absolute atomic E-state index is 11.3. The first-order chi connectivity index (χ1) is 8.08. The molecule has 0 aliphatic heterocycles. The summed E-state index contributed by atoms with van der Waals surface area (Å²) in [5.74, 6) is 0.315. The molecule has 0 bridgehead atoms. The van der Waals surface area contributed by atoms with Crippen LogP contribution < -0.4 is 10.9 Å². The molecule has 1 aromatic carbocycles. The summed E-state index contributed by atoms with van der Waals surface area (Å²) in [5.41, 5.74) is 0.406. The number of benzene rings is 1. The summed E-state index contributed by atoms with van der Waals surface area (Å²) in [4.78, 5) is 17.6. The number of nitrogens with one attached hydrogen (secondary N) is 2. The largest absolute Gasteiger partial charge is 0.338 e. The second kappa shape index (κ2) is 5.24. The van der Waals surface area contributed by atoms with Gasteiger partial charge in [0.25, 0.3) is 5.56 Å². The molecule has 0 spiro atoms. The molecule has 17 heavy (non-hydrogen) atoms. The van der Waals surface area contributed by atoms with Gasteiger partial charge in [0.2, 0.25) is 0 Å². The van der Waals surface area contributed by atoms with Crippen LogP contribution in [0.5, 0.6) is 0 Å². The lowest BCUT2D eigenvalue weighted by molar-refractivity contribution is 1.12. The topological polar surface area (TPSA) is 57.8 Å². The van der Waals surface area contributed by atoms with E-state index in [0.29, 0.717) is 10.8 Å². The molecule has 2 aromatic rings. The maximum Gasteiger partial charge on any atom is 0.271 e. The van der Waals surface area contributed by atoms with Crippen LogP contribution >= 0.6 is 45.8 Å². The molecule has 0 saturated heterocycles. The minimum Gasteiger partial charge on any atom is -0.338 e. The molecule has 2 rings (SSSR count). The molecule has 0 aliphatic rings. The van der Waals surface area contributed by atoms with Gasteiger partial charge in [-0.25, -0.2) is 4.98 Å². The Hall–Kier alpha value is -0.790. The summed E-state index contributed by atoms with van der Waals surface area (Å²) in [6.45, 7) is 0. The Morgan fingerprint density at radius 1 is 1.35 bits per heavy atom. The molecule has 7 heteroatoms. The zero-order valence-corrected chi connectivity index (χ0v) is 12.0. The van der Waals surface area contributed by atoms with Crippen molar-refractivity contribution in [2.75, 3.05) is 5.32 Å². The average molecular weight is 382 g/mol. The van der Waals surface area contributed by atoms with Crippen molar-refractivity contribution in [1.29, 1.82) is 0 Å². The highest BCUT2D eigenvalue weighted by molar-refractivity contribution is 14.1. The first kappa shape index (κ1) is 12.7. The van der Waals surface area contributed by atoms with Crippen molar-refractivity contribution >= 4 is 57.3 Å². The van der Waals surface area contributed by atoms with E-state index < -0.39 is 0 Å². The van der Waals surface area contributed by atoms with Gasteiger partial charge in [0, 0.05) is 8.59 Å². The molecule has 0 saturated carbocycles. The van der Waals surface area contributed by atoms with Crippen LogP contribution in [0.15, 0.2) is 29.3 Å². The van der Waals surface area contributed by atoms with Crippen molar-refractivity contribution in [3.05, 3.63) is 48.5 Å². The van der Waals surface area contributed by atoms with Gasteiger partial charge in [-0.05, 0) is 40.8 Å². The standard InChI is InChI=1S/C10H6Cl2IN3O/c11-5-1-2-7(6(13)3-5)16-9-8(12)10(17)15-4-14-9/h1-4H,(H2,14,15,16,17). The zero-order valence-electron chi connectivity index (χ0n) is 8.30. The quantitative estimate of drug-likeness (QED) is 0.783. The van der Waals surface area contributed by atoms with E-state index >= 15 is 0 Å². The van der Waals surface area contributed by atoms with Gasteiger partial charge in [-0.2, -0.15) is 0 Å². The first-order valence-electron chi connectivity index (χ1n) is 4.53. The van der Waals surface area contributed by atoms with E-state index in [2.05, 4.69) is 37.9 Å². The van der Waals surface area contributed by atoms with Gasteiger partial charge < -0.3 is 10.3 Å². The number of anilines is 2. The molecular formula is C10H6Cl2IN3O. The van der Waals surface area contributed by atoms with Gasteiger partial charge in [0.1, 0.15) is 5.02 Å². The number of aromatic amines is 1. The summed E-state index contributed by atoms with van der Waals surface area (Å²) >= 11 is 13.8. The minimum atomic E-state index is -0.381. The normalized spacial score (nSPS) is 10.3. The maximum atomic E-state index is 11.3. The fraction of sp³-hybridized carbons (Fsp3) is 0. The summed E-state index contributed by atoms with van der Waals surface area (Å²) in [6.07, 6.45) is 1.29. The van der Waals surface area contributed by atoms with Crippen molar-refractivity contribution in [3.8, 4) is 0 Å². The molecule has 1 heterocycles. The third kappa shape index (κ3) is 2.91. The first-order valence-corrected chi connectivity index (χ1v) is 6.36. The van der Waals surface area contributed by atoms with Crippen LogP contribution in [-0.2, 0) is 0 Å². The lowest BCUT2D eigenvalue weighted by Crippen LogP contribution is -2.09. The van der Waals surface area contributed by atoms with Crippen molar-refractivity contribution in [1.82, 2.24) is 9.97 Å². The Labute approximate surface area is 121 Å². The van der Waals surface area contributed by atoms with E-state index in [-0.39, 0.29) is 10.6 Å². The summed E-state index contributed by atoms with van der Waals surface area (Å²) < 4.78 is 0.910. The second-order valence-electron chi connectivity index (χ2n) is 3.14. The second-order valence-corrected chi connectivity index (χ2v) is 5.12. The third-order valence-corrected chi connectivity index (χ3v) is 3.46. The molecule has 0 atom stereocenters. The van der Waals surface area contributed by atoms with Gasteiger partial charge in [0.05, 0.1) is 12.0 Å². The lowest BCUT2D eigenvalue weighted by atomic mass is 10.3. The van der Waals surface area contributed by atoms with E-state index in [0.717, 1.165) is 9.26 Å². The predicted molar refractivity (Wildman–Crippen MR) is 77.3 cm³/mol. The summed E-state index contributed by atoms with van der Waals surface area (Å²) in [7, 11) is 0. The highest BCUT2D eigenvalue weighted by atomic mass is 127. The van der Waals surface area contributed by atoms with Crippen LogP contribution in [0.4, 0.5) is 11.5 Å². The molecule has 0 radical (unpaired) electrons. The van der Waals surface area contributed by atoms with Gasteiger partial charge in [-0.15, -0.1) is 0 Å². The summed E-state index contributed by atoms with van der Waals surface area (Å²) in [6, 6.07) is 5.34. The van der Waals surface area contributed by atoms with Crippen LogP contribution in [0.3, 0.4) is 0 Å². The Kier molecular flexibility index (Phi) is 3.90. The highest BCUT2D eigenvalue weighted by Gasteiger charge is 2.07. The van der Waals surface area contributed by atoms with Crippen molar-refractivity contribution in [2.24, 2.45) is 0 Å². The van der Waals surface area contributed by atoms with Gasteiger partial charge in [0.15, 0.2) is 5.82 Å². The van der Waals surface area contributed by atoms with Crippen LogP contribution in [0.2, 0.25) is 10.0 Å². The fourth-order valence-corrected chi connectivity index (χ4v) is 2.35. The molecule has 0 unspecified atom stereocenters. The molecule has 0 fully saturated rings. The minimum absolute atomic E-state index is 0.0262. The number of halogens is 3. The molecule has 88 valence electrons. The van der Waals surface area contributed by atoms with E-state index in [1.807, 2.05) is 0 Å². The van der Waals surface area contributed by atoms with Crippen LogP contribution in [-0.4, -0.2) is 9.97 Å². The number of hydrogen-bond acceptors (Lipinski definition) is 3. The smallest absolute Gasteiger partial charge is 0.271 e. The van der Waals surface area contributed by atoms with E-state index in [1.54, 1.807) is 18.2 Å². The Bertz CT molecular complexity index is 615. The SMILES string of the molecule is O=c1[nH]cnc(Nc2ccc(Cl)cc2I)c1Cl. The molecule has 0 amide bonds. The van der Waals surface area contributed by atoms with Gasteiger partial charge in [-0.3, -0.25) is 4.79 Å². The number of hydrogen-bond donors (Lipinski definition) is 2. The third-order valence-electron chi connectivity index (χ3n) is 1.98. The number of rotatable bonds is 2.